The van der Waals surface area contributed by atoms with Crippen LogP contribution in [0.5, 0.6) is 0 Å². The number of aromatic nitrogens is 15. The average Bonchev–Trinajstić information content (AvgIpc) is 1.59. The van der Waals surface area contributed by atoms with Gasteiger partial charge in [-0.05, 0) is 277 Å². The minimum Gasteiger partial charge on any atom is -0.456 e. The van der Waals surface area contributed by atoms with Gasteiger partial charge in [0, 0.05) is 45.1 Å². The van der Waals surface area contributed by atoms with Crippen molar-refractivity contribution in [2.45, 2.75) is 45.8 Å². The van der Waals surface area contributed by atoms with E-state index >= 15 is 0 Å². The Morgan fingerprint density at radius 2 is 0.493 bits per heavy atom. The maximum Gasteiger partial charge on any atom is 0.494 e. The number of nitrogens with zero attached hydrogens (tertiary/aromatic N) is 15. The molecule has 1 fully saturated rings. The zero-order chi connectivity index (χ0) is 92.7. The second-order valence-electron chi connectivity index (χ2n) is 35.8. The smallest absolute Gasteiger partial charge is 0.456 e. The van der Waals surface area contributed by atoms with Crippen molar-refractivity contribution < 1.29 is 18.1 Å². The van der Waals surface area contributed by atoms with Gasteiger partial charge in [0.1, 0.15) is 22.3 Å². The van der Waals surface area contributed by atoms with Gasteiger partial charge in [-0.2, -0.15) is 0 Å². The standard InChI is InChI=1S/C26H17N3O.C25H24BN3O2.C25H14BrN3O.C19H11Br2N3.C19H12BrN3/c1-16-10-12-24-18(14-16)19-15-17(11-13-25(19)30-24)28-22-8-4-5-9-23(22)29-21-7-3-2-6-20(21)27-26(28)29;1-24(2)25(3,4)31-26(30-24)17-10-9-11-18(16-17)28-21-14-7-8-15-22(21)29-20-13-6-5-12-19(20)27-23(28)29;26-15-9-11-23-17(13-15)18-14-16(10-12-24(18)30-23)28-21-7-3-4-8-22(21)29-20-6-2-1-5-19(20)27-25(28)29;20-12-9-13(21)11-14(10-12)23-17-7-3-4-8-18(17)24-16-6-2-1-5-15(16)22-19(23)24;20-13-6-5-7-14(12-13)22-17-10-3-4-11-18(17)23-16-9-2-1-8-15(16)21-19(22)23/h2-15H,1H3;5-16H,1-4H3;1-14H;1-11H;1-12H. The van der Waals surface area contributed by atoms with Gasteiger partial charge in [-0.3, -0.25) is 44.8 Å². The van der Waals surface area contributed by atoms with Crippen LogP contribution in [-0.4, -0.2) is 88.1 Å². The van der Waals surface area contributed by atoms with Gasteiger partial charge in [0.25, 0.3) is 0 Å². The number of furan rings is 2. The van der Waals surface area contributed by atoms with E-state index in [1.54, 1.807) is 0 Å². The quantitative estimate of drug-likeness (QED) is 0.148. The molecule has 0 bridgehead atoms. The molecule has 13 heterocycles. The van der Waals surface area contributed by atoms with E-state index in [2.05, 4.69) is 459 Å². The molecule has 0 saturated carbocycles. The first-order valence-electron chi connectivity index (χ1n) is 45.5. The Morgan fingerprint density at radius 1 is 0.225 bits per heavy atom. The van der Waals surface area contributed by atoms with Crippen LogP contribution in [0.2, 0.25) is 0 Å². The van der Waals surface area contributed by atoms with Crippen LogP contribution < -0.4 is 5.46 Å². The van der Waals surface area contributed by atoms with E-state index in [4.69, 9.17) is 43.1 Å². The molecular weight excluding hydrogens is 1970 g/mol. The van der Waals surface area contributed by atoms with Crippen molar-refractivity contribution in [1.29, 1.82) is 0 Å². The molecule has 664 valence electrons. The molecule has 0 aliphatic carbocycles. The van der Waals surface area contributed by atoms with Crippen LogP contribution in [0.15, 0.2) is 409 Å². The molecule has 1 aliphatic heterocycles. The summed E-state index contributed by atoms with van der Waals surface area (Å²) in [4.78, 5) is 24.7. The molecule has 1 saturated heterocycles. The summed E-state index contributed by atoms with van der Waals surface area (Å²) in [7, 11) is -0.401. The van der Waals surface area contributed by atoms with Crippen LogP contribution in [0.1, 0.15) is 33.3 Å². The van der Waals surface area contributed by atoms with Crippen LogP contribution in [0.3, 0.4) is 0 Å². The van der Waals surface area contributed by atoms with Crippen LogP contribution in [0.4, 0.5) is 0 Å². The maximum atomic E-state index is 6.29. The third-order valence-electron chi connectivity index (χ3n) is 26.9. The Morgan fingerprint density at radius 3 is 0.848 bits per heavy atom. The zero-order valence-electron chi connectivity index (χ0n) is 74.8. The number of rotatable bonds is 6. The molecular formula is C114H78BBr4N15O4. The van der Waals surface area contributed by atoms with E-state index in [9.17, 15) is 0 Å². The van der Waals surface area contributed by atoms with Crippen molar-refractivity contribution >= 4 is 259 Å². The highest BCUT2D eigenvalue weighted by Gasteiger charge is 2.52. The highest BCUT2D eigenvalue weighted by Crippen LogP contribution is 2.43. The SMILES string of the molecule is Brc1cc(Br)cc(-n2c3ccccc3n3c4ccccc4nc23)c1.Brc1ccc2oc3ccc(-n4c5ccccc5n5c6ccccc6nc45)cc3c2c1.Brc1cccc(-n2c3ccccc3n3c4ccccc4nc23)c1.CC1(C)OB(c2cccc(-n3c4ccccc4n4c5ccccc5nc34)c2)OC1(C)C.Cc1ccc2oc3ccc(-n4c5ccccc5n5c6ccccc6nc45)cc3c2c1. The van der Waals surface area contributed by atoms with Crippen molar-refractivity contribution in [1.82, 2.24) is 69.8 Å². The molecule has 12 aromatic heterocycles. The summed E-state index contributed by atoms with van der Waals surface area (Å²) >= 11 is 14.3. The first-order chi connectivity index (χ1) is 67.5. The van der Waals surface area contributed by atoms with Gasteiger partial charge >= 0.3 is 7.12 Å². The van der Waals surface area contributed by atoms with Crippen molar-refractivity contribution in [3.63, 3.8) is 0 Å². The van der Waals surface area contributed by atoms with Gasteiger partial charge in [-0.15, -0.1) is 0 Å². The molecule has 30 rings (SSSR count). The third kappa shape index (κ3) is 13.5. The Hall–Kier alpha value is -15.4. The normalized spacial score (nSPS) is 13.3. The molecule has 1 aliphatic rings. The zero-order valence-corrected chi connectivity index (χ0v) is 81.1. The van der Waals surface area contributed by atoms with Gasteiger partial charge in [0.2, 0.25) is 28.9 Å². The van der Waals surface area contributed by atoms with Crippen molar-refractivity contribution in [3.8, 4) is 28.4 Å². The lowest BCUT2D eigenvalue weighted by atomic mass is 9.79. The molecule has 24 heteroatoms. The molecule has 29 aromatic rings. The second-order valence-corrected chi connectivity index (χ2v) is 39.5. The first-order valence-corrected chi connectivity index (χ1v) is 48.7. The summed E-state index contributed by atoms with van der Waals surface area (Å²) in [5.74, 6) is 4.58. The summed E-state index contributed by atoms with van der Waals surface area (Å²) in [6.07, 6.45) is 0. The number of fused-ring (bicyclic) bond motifs is 31. The summed E-state index contributed by atoms with van der Waals surface area (Å²) < 4.78 is 51.1. The number of imidazole rings is 10. The van der Waals surface area contributed by atoms with E-state index in [0.29, 0.717) is 0 Å². The van der Waals surface area contributed by atoms with Crippen molar-refractivity contribution in [2.75, 3.05) is 0 Å². The number of benzene rings is 17. The van der Waals surface area contributed by atoms with Gasteiger partial charge in [-0.1, -0.05) is 215 Å². The lowest BCUT2D eigenvalue weighted by molar-refractivity contribution is 0.00578. The van der Waals surface area contributed by atoms with Crippen LogP contribution in [0.25, 0.3) is 212 Å². The Balaban J connectivity index is 0.0000000896. The molecule has 0 unspecified atom stereocenters. The van der Waals surface area contributed by atoms with E-state index in [0.717, 1.165) is 235 Å². The van der Waals surface area contributed by atoms with Crippen LogP contribution in [-0.2, 0) is 9.31 Å². The highest BCUT2D eigenvalue weighted by atomic mass is 79.9. The molecule has 0 radical (unpaired) electrons. The number of halogens is 4. The Labute approximate surface area is 820 Å². The number of aryl methyl sites for hydroxylation is 1. The van der Waals surface area contributed by atoms with Gasteiger partial charge in [0.15, 0.2) is 0 Å². The number of hydrogen-bond donors (Lipinski definition) is 0. The minimum absolute atomic E-state index is 0.373. The fourth-order valence-corrected chi connectivity index (χ4v) is 22.0. The minimum atomic E-state index is -0.401. The number of hydrogen-bond acceptors (Lipinski definition) is 9. The van der Waals surface area contributed by atoms with E-state index in [-0.39, 0.29) is 11.2 Å². The summed E-state index contributed by atoms with van der Waals surface area (Å²) in [5, 5.41) is 4.46. The van der Waals surface area contributed by atoms with Crippen molar-refractivity contribution in [3.05, 3.63) is 406 Å². The monoisotopic (exact) mass is 2050 g/mol. The maximum absolute atomic E-state index is 6.29. The predicted molar refractivity (Wildman–Crippen MR) is 573 cm³/mol. The summed E-state index contributed by atoms with van der Waals surface area (Å²) in [6.45, 7) is 10.4. The second kappa shape index (κ2) is 32.4. The third-order valence-corrected chi connectivity index (χ3v) is 28.8. The fraction of sp³-hybridized carbons (Fsp3) is 0.0614. The lowest BCUT2D eigenvalue weighted by Crippen LogP contribution is -2.41. The van der Waals surface area contributed by atoms with Gasteiger partial charge in [-0.25, -0.2) is 24.9 Å². The van der Waals surface area contributed by atoms with E-state index in [1.165, 1.54) is 5.56 Å². The topological polar surface area (TPSA) is 156 Å². The largest absolute Gasteiger partial charge is 0.494 e. The molecule has 138 heavy (non-hydrogen) atoms. The Bertz CT molecular complexity index is 9750. The highest BCUT2D eigenvalue weighted by molar-refractivity contribution is 9.11. The predicted octanol–water partition coefficient (Wildman–Crippen LogP) is 29.6. The fourth-order valence-electron chi connectivity index (χ4n) is 20.0. The van der Waals surface area contributed by atoms with Gasteiger partial charge in [0.05, 0.1) is 144 Å². The summed E-state index contributed by atoms with van der Waals surface area (Å²) in [5.41, 5.74) is 32.4. The molecule has 17 aromatic carbocycles. The molecule has 0 atom stereocenters. The van der Waals surface area contributed by atoms with Crippen LogP contribution in [0, 0.1) is 6.92 Å². The van der Waals surface area contributed by atoms with Gasteiger partial charge < -0.3 is 18.1 Å². The lowest BCUT2D eigenvalue weighted by Gasteiger charge is -2.32. The van der Waals surface area contributed by atoms with Crippen LogP contribution >= 0.6 is 63.7 Å². The molecule has 0 N–H and O–H groups in total. The molecule has 0 amide bonds. The van der Waals surface area contributed by atoms with Crippen molar-refractivity contribution in [2.24, 2.45) is 0 Å². The van der Waals surface area contributed by atoms with E-state index in [1.807, 2.05) is 66.7 Å². The average molecular weight is 2050 g/mol. The first kappa shape index (κ1) is 83.2. The number of para-hydroxylation sites is 20. The Kier molecular flexibility index (Phi) is 19.5. The molecule has 19 nitrogen and oxygen atoms in total. The van der Waals surface area contributed by atoms with E-state index < -0.39 is 7.12 Å². The molecule has 0 spiro atoms. The summed E-state index contributed by atoms with van der Waals surface area (Å²) in [6, 6.07) is 132.